The van der Waals surface area contributed by atoms with Crippen LogP contribution in [-0.4, -0.2) is 8.07 Å². The summed E-state index contributed by atoms with van der Waals surface area (Å²) in [5, 5.41) is 1.54. The van der Waals surface area contributed by atoms with Crippen LogP contribution in [-0.2, 0) is 0 Å². The molecule has 1 heterocycles. The van der Waals surface area contributed by atoms with E-state index < -0.39 is 8.07 Å². The fourth-order valence-electron chi connectivity index (χ4n) is 2.56. The molecule has 1 heteroatoms. The second-order valence-electron chi connectivity index (χ2n) is 5.19. The monoisotopic (exact) mass is 236 g/mol. The van der Waals surface area contributed by atoms with Crippen molar-refractivity contribution in [3.8, 4) is 11.1 Å². The number of fused-ring (bicyclic) bond motifs is 3. The average molecular weight is 236 g/mol. The van der Waals surface area contributed by atoms with Gasteiger partial charge in [-0.2, -0.15) is 0 Å². The lowest BCUT2D eigenvalue weighted by Gasteiger charge is -2.20. The number of rotatable bonds is 0. The van der Waals surface area contributed by atoms with Crippen molar-refractivity contribution < 1.29 is 0 Å². The van der Waals surface area contributed by atoms with Crippen LogP contribution < -0.4 is 5.19 Å². The zero-order chi connectivity index (χ0) is 11.9. The van der Waals surface area contributed by atoms with Gasteiger partial charge in [0, 0.05) is 0 Å². The van der Waals surface area contributed by atoms with E-state index in [-0.39, 0.29) is 0 Å². The second-order valence-corrected chi connectivity index (χ2v) is 9.50. The van der Waals surface area contributed by atoms with E-state index in [9.17, 15) is 0 Å². The van der Waals surface area contributed by atoms with Gasteiger partial charge in [-0.05, 0) is 21.9 Å². The van der Waals surface area contributed by atoms with Gasteiger partial charge >= 0.3 is 0 Å². The largest absolute Gasteiger partial charge is 0.105 e. The molecule has 1 aliphatic rings. The van der Waals surface area contributed by atoms with E-state index in [1.165, 1.54) is 16.7 Å². The van der Waals surface area contributed by atoms with Crippen molar-refractivity contribution in [2.24, 2.45) is 0 Å². The molecule has 0 N–H and O–H groups in total. The molecular weight excluding hydrogens is 220 g/mol. The molecule has 0 aliphatic carbocycles. The summed E-state index contributed by atoms with van der Waals surface area (Å²) >= 11 is 0. The lowest BCUT2D eigenvalue weighted by molar-refractivity contribution is 1.61. The van der Waals surface area contributed by atoms with Crippen LogP contribution in [0.5, 0.6) is 0 Å². The molecule has 0 unspecified atom stereocenters. The standard InChI is InChI=1S/C16H16Si/c1-17(2)12-11-13-7-3-4-8-14(13)15-9-5-6-10-16(15)17/h3-12H,1-2H3. The Hall–Kier alpha value is -1.60. The fourth-order valence-corrected chi connectivity index (χ4v) is 4.77. The maximum absolute atomic E-state index is 2.44. The van der Waals surface area contributed by atoms with Gasteiger partial charge in [0.15, 0.2) is 0 Å². The van der Waals surface area contributed by atoms with Crippen molar-refractivity contribution in [2.45, 2.75) is 13.1 Å². The highest BCUT2D eigenvalue weighted by Crippen LogP contribution is 2.28. The molecule has 0 bridgehead atoms. The maximum atomic E-state index is 2.44. The van der Waals surface area contributed by atoms with Crippen LogP contribution in [0.4, 0.5) is 0 Å². The van der Waals surface area contributed by atoms with Gasteiger partial charge in [0.1, 0.15) is 8.07 Å². The molecule has 2 aromatic rings. The van der Waals surface area contributed by atoms with Gasteiger partial charge in [0.25, 0.3) is 0 Å². The third kappa shape index (κ3) is 1.67. The molecule has 0 aromatic heterocycles. The van der Waals surface area contributed by atoms with E-state index in [0.717, 1.165) is 0 Å². The SMILES string of the molecule is C[Si]1(C)C=Cc2ccccc2-c2ccccc21. The molecule has 0 amide bonds. The van der Waals surface area contributed by atoms with Crippen LogP contribution >= 0.6 is 0 Å². The van der Waals surface area contributed by atoms with Crippen LogP contribution in [0.1, 0.15) is 5.56 Å². The van der Waals surface area contributed by atoms with E-state index in [1.807, 2.05) is 0 Å². The Bertz CT molecular complexity index is 594. The minimum atomic E-state index is -1.44. The number of hydrogen-bond acceptors (Lipinski definition) is 0. The maximum Gasteiger partial charge on any atom is 0.105 e. The van der Waals surface area contributed by atoms with Crippen LogP contribution in [0.2, 0.25) is 13.1 Å². The van der Waals surface area contributed by atoms with Crippen LogP contribution in [0.15, 0.2) is 54.2 Å². The summed E-state index contributed by atoms with van der Waals surface area (Å²) < 4.78 is 0. The second kappa shape index (κ2) is 3.71. The molecule has 0 nitrogen and oxygen atoms in total. The third-order valence-electron chi connectivity index (χ3n) is 3.55. The van der Waals surface area contributed by atoms with Crippen molar-refractivity contribution in [1.29, 1.82) is 0 Å². The van der Waals surface area contributed by atoms with Gasteiger partial charge in [-0.1, -0.05) is 73.4 Å². The Kier molecular flexibility index (Phi) is 2.30. The molecule has 17 heavy (non-hydrogen) atoms. The third-order valence-corrected chi connectivity index (χ3v) is 6.38. The molecule has 0 spiro atoms. The molecule has 84 valence electrons. The summed E-state index contributed by atoms with van der Waals surface area (Å²) in [6.45, 7) is 4.82. The van der Waals surface area contributed by atoms with Gasteiger partial charge in [0.05, 0.1) is 0 Å². The molecule has 3 rings (SSSR count). The van der Waals surface area contributed by atoms with Gasteiger partial charge in [-0.15, -0.1) is 0 Å². The average Bonchev–Trinajstić information content (AvgIpc) is 2.47. The molecule has 0 fully saturated rings. The molecule has 0 saturated heterocycles. The predicted octanol–water partition coefficient (Wildman–Crippen LogP) is 3.84. The first kappa shape index (κ1) is 10.5. The van der Waals surface area contributed by atoms with Gasteiger partial charge < -0.3 is 0 Å². The van der Waals surface area contributed by atoms with E-state index in [1.54, 1.807) is 5.19 Å². The van der Waals surface area contributed by atoms with E-state index in [2.05, 4.69) is 73.4 Å². The highest BCUT2D eigenvalue weighted by Gasteiger charge is 2.25. The summed E-state index contributed by atoms with van der Waals surface area (Å²) in [4.78, 5) is 0. The first-order chi connectivity index (χ1) is 8.18. The summed E-state index contributed by atoms with van der Waals surface area (Å²) in [5.41, 5.74) is 6.58. The van der Waals surface area contributed by atoms with E-state index >= 15 is 0 Å². The minimum absolute atomic E-state index is 1.35. The first-order valence-corrected chi connectivity index (χ1v) is 9.14. The van der Waals surface area contributed by atoms with Crippen molar-refractivity contribution >= 4 is 19.3 Å². The Morgan fingerprint density at radius 2 is 1.41 bits per heavy atom. The zero-order valence-corrected chi connectivity index (χ0v) is 11.3. The molecule has 0 saturated carbocycles. The normalized spacial score (nSPS) is 15.9. The Balaban J connectivity index is 2.38. The summed E-state index contributed by atoms with van der Waals surface area (Å²) in [6.07, 6.45) is 2.31. The van der Waals surface area contributed by atoms with Crippen molar-refractivity contribution in [3.63, 3.8) is 0 Å². The van der Waals surface area contributed by atoms with Crippen molar-refractivity contribution in [3.05, 3.63) is 59.8 Å². The summed E-state index contributed by atoms with van der Waals surface area (Å²) in [5.74, 6) is 0. The minimum Gasteiger partial charge on any atom is -0.0896 e. The first-order valence-electron chi connectivity index (χ1n) is 6.07. The quantitative estimate of drug-likeness (QED) is 0.610. The van der Waals surface area contributed by atoms with Crippen LogP contribution in [0.3, 0.4) is 0 Å². The van der Waals surface area contributed by atoms with Gasteiger partial charge in [-0.25, -0.2) is 0 Å². The van der Waals surface area contributed by atoms with Crippen LogP contribution in [0.25, 0.3) is 17.2 Å². The van der Waals surface area contributed by atoms with E-state index in [4.69, 9.17) is 0 Å². The lowest BCUT2D eigenvalue weighted by atomic mass is 10.00. The number of benzene rings is 2. The molecule has 0 radical (unpaired) electrons. The highest BCUT2D eigenvalue weighted by atomic mass is 28.3. The molecular formula is C16H16Si. The summed E-state index contributed by atoms with van der Waals surface area (Å²) in [7, 11) is -1.44. The van der Waals surface area contributed by atoms with Crippen molar-refractivity contribution in [2.75, 3.05) is 0 Å². The smallest absolute Gasteiger partial charge is 0.0896 e. The number of hydrogen-bond donors (Lipinski definition) is 0. The summed E-state index contributed by atoms with van der Waals surface area (Å²) in [6, 6.07) is 17.5. The molecule has 1 aliphatic heterocycles. The molecule has 2 aromatic carbocycles. The van der Waals surface area contributed by atoms with Gasteiger partial charge in [0.2, 0.25) is 0 Å². The van der Waals surface area contributed by atoms with E-state index in [0.29, 0.717) is 0 Å². The van der Waals surface area contributed by atoms with Crippen molar-refractivity contribution in [1.82, 2.24) is 0 Å². The Labute approximate surface area is 104 Å². The topological polar surface area (TPSA) is 0 Å². The van der Waals surface area contributed by atoms with Gasteiger partial charge in [-0.3, -0.25) is 0 Å². The van der Waals surface area contributed by atoms with Crippen LogP contribution in [0, 0.1) is 0 Å². The Morgan fingerprint density at radius 3 is 2.24 bits per heavy atom. The highest BCUT2D eigenvalue weighted by molar-refractivity contribution is 6.95. The zero-order valence-electron chi connectivity index (χ0n) is 10.3. The lowest BCUT2D eigenvalue weighted by Crippen LogP contribution is -2.40. The fraction of sp³-hybridized carbons (Fsp3) is 0.125. The predicted molar refractivity (Wildman–Crippen MR) is 78.0 cm³/mol. The Morgan fingerprint density at radius 1 is 0.765 bits per heavy atom. The molecule has 0 atom stereocenters.